The molecule has 1 aliphatic rings. The number of fused-ring (bicyclic) bond motifs is 1. The summed E-state index contributed by atoms with van der Waals surface area (Å²) in [5.74, 6) is -0.0917. The highest BCUT2D eigenvalue weighted by Crippen LogP contribution is 2.37. The number of rotatable bonds is 1. The van der Waals surface area contributed by atoms with E-state index in [1.807, 2.05) is 6.07 Å². The number of carbonyl (C=O) groups is 1. The fourth-order valence-corrected chi connectivity index (χ4v) is 3.59. The quantitative estimate of drug-likeness (QED) is 0.777. The number of nitrogens with zero attached hydrogens (tertiary/aromatic N) is 1. The Morgan fingerprint density at radius 2 is 2.10 bits per heavy atom. The van der Waals surface area contributed by atoms with Crippen molar-refractivity contribution in [3.05, 3.63) is 52.3 Å². The first-order chi connectivity index (χ1) is 10.1. The molecular weight excluding hydrogens is 355 g/mol. The topological polar surface area (TPSA) is 46.3 Å². The van der Waals surface area contributed by atoms with Gasteiger partial charge in [-0.3, -0.25) is 4.79 Å². The molecule has 2 aromatic carbocycles. The van der Waals surface area contributed by atoms with E-state index in [1.54, 1.807) is 34.9 Å². The second-order valence-electron chi connectivity index (χ2n) is 4.66. The van der Waals surface area contributed by atoms with Crippen molar-refractivity contribution < 1.29 is 9.18 Å². The normalized spacial score (nSPS) is 13.9. The predicted octanol–water partition coefficient (Wildman–Crippen LogP) is 3.92. The monoisotopic (exact) mass is 366 g/mol. The summed E-state index contributed by atoms with van der Waals surface area (Å²) in [6, 6.07) is 9.83. The van der Waals surface area contributed by atoms with Gasteiger partial charge in [0.2, 0.25) is 0 Å². The Labute approximate surface area is 134 Å². The number of hydrogen-bond acceptors (Lipinski definition) is 3. The molecule has 0 aliphatic carbocycles. The molecule has 1 amide bonds. The molecule has 2 N–H and O–H groups in total. The van der Waals surface area contributed by atoms with Crippen molar-refractivity contribution in [2.24, 2.45) is 0 Å². The van der Waals surface area contributed by atoms with Gasteiger partial charge in [0.25, 0.3) is 5.91 Å². The number of carbonyl (C=O) groups excluding carboxylic acids is 1. The summed E-state index contributed by atoms with van der Waals surface area (Å²) >= 11 is 4.94. The van der Waals surface area contributed by atoms with E-state index in [2.05, 4.69) is 15.9 Å². The maximum Gasteiger partial charge on any atom is 0.261 e. The zero-order valence-corrected chi connectivity index (χ0v) is 13.4. The summed E-state index contributed by atoms with van der Waals surface area (Å²) in [7, 11) is 0. The summed E-state index contributed by atoms with van der Waals surface area (Å²) < 4.78 is 14.6. The molecule has 0 fully saturated rings. The molecule has 1 heterocycles. The van der Waals surface area contributed by atoms with Crippen LogP contribution in [0.25, 0.3) is 0 Å². The number of thioether (sulfide) groups is 1. The Kier molecular flexibility index (Phi) is 3.91. The van der Waals surface area contributed by atoms with Gasteiger partial charge in [-0.2, -0.15) is 0 Å². The minimum absolute atomic E-state index is 0.0599. The van der Waals surface area contributed by atoms with Crippen LogP contribution in [0.4, 0.5) is 15.8 Å². The average Bonchev–Trinajstić information content (AvgIpc) is 2.48. The third kappa shape index (κ3) is 2.78. The predicted molar refractivity (Wildman–Crippen MR) is 87.4 cm³/mol. The number of nitrogens with two attached hydrogens (primary N) is 1. The third-order valence-corrected chi connectivity index (χ3v) is 4.79. The van der Waals surface area contributed by atoms with Crippen LogP contribution in [0.15, 0.2) is 45.8 Å². The van der Waals surface area contributed by atoms with Crippen molar-refractivity contribution >= 4 is 45.0 Å². The fraction of sp³-hybridized carbons (Fsp3) is 0.133. The highest BCUT2D eigenvalue weighted by atomic mass is 79.9. The smallest absolute Gasteiger partial charge is 0.261 e. The minimum atomic E-state index is -0.521. The molecule has 2 aromatic rings. The molecule has 0 unspecified atom stereocenters. The molecule has 0 atom stereocenters. The summed E-state index contributed by atoms with van der Waals surface area (Å²) in [5.41, 5.74) is 7.20. The van der Waals surface area contributed by atoms with E-state index >= 15 is 0 Å². The third-order valence-electron chi connectivity index (χ3n) is 3.25. The Balaban J connectivity index is 2.04. The average molecular weight is 367 g/mol. The van der Waals surface area contributed by atoms with Gasteiger partial charge in [0.05, 0.1) is 11.3 Å². The van der Waals surface area contributed by atoms with Crippen LogP contribution in [0.2, 0.25) is 0 Å². The second kappa shape index (κ2) is 5.69. The van der Waals surface area contributed by atoms with Crippen LogP contribution >= 0.6 is 27.7 Å². The van der Waals surface area contributed by atoms with Crippen molar-refractivity contribution in [3.63, 3.8) is 0 Å². The summed E-state index contributed by atoms with van der Waals surface area (Å²) in [5, 5.41) is 0. The molecule has 3 rings (SSSR count). The molecule has 1 aliphatic heterocycles. The van der Waals surface area contributed by atoms with Crippen LogP contribution in [0.1, 0.15) is 10.4 Å². The maximum absolute atomic E-state index is 13.9. The van der Waals surface area contributed by atoms with Crippen molar-refractivity contribution in [2.75, 3.05) is 22.9 Å². The number of amides is 1. The minimum Gasteiger partial charge on any atom is -0.399 e. The summed E-state index contributed by atoms with van der Waals surface area (Å²) in [6.07, 6.45) is 0. The molecule has 108 valence electrons. The molecule has 0 radical (unpaired) electrons. The number of nitrogen functional groups attached to an aromatic ring is 1. The van der Waals surface area contributed by atoms with E-state index in [0.29, 0.717) is 16.7 Å². The lowest BCUT2D eigenvalue weighted by atomic mass is 10.1. The molecule has 0 aromatic heterocycles. The van der Waals surface area contributed by atoms with Gasteiger partial charge in [-0.1, -0.05) is 15.9 Å². The van der Waals surface area contributed by atoms with Gasteiger partial charge in [-0.15, -0.1) is 11.8 Å². The van der Waals surface area contributed by atoms with Crippen LogP contribution in [0.5, 0.6) is 0 Å². The number of anilines is 2. The number of hydrogen-bond donors (Lipinski definition) is 1. The van der Waals surface area contributed by atoms with E-state index in [0.717, 1.165) is 16.3 Å². The number of benzene rings is 2. The molecule has 0 saturated carbocycles. The Morgan fingerprint density at radius 1 is 1.29 bits per heavy atom. The standard InChI is InChI=1S/C15H12BrFN2OS/c16-9-1-3-12(17)11(7-9)15(20)19-5-6-21-14-4-2-10(18)8-13(14)19/h1-4,7-8H,5-6,18H2. The maximum atomic E-state index is 13.9. The zero-order chi connectivity index (χ0) is 15.0. The van der Waals surface area contributed by atoms with Gasteiger partial charge in [-0.25, -0.2) is 4.39 Å². The zero-order valence-electron chi connectivity index (χ0n) is 11.0. The van der Waals surface area contributed by atoms with Gasteiger partial charge in [-0.05, 0) is 36.4 Å². The van der Waals surface area contributed by atoms with E-state index in [4.69, 9.17) is 5.73 Å². The second-order valence-corrected chi connectivity index (χ2v) is 6.71. The molecule has 0 saturated heterocycles. The van der Waals surface area contributed by atoms with Crippen LogP contribution in [-0.2, 0) is 0 Å². The van der Waals surface area contributed by atoms with Gasteiger partial charge >= 0.3 is 0 Å². The molecule has 0 spiro atoms. The highest BCUT2D eigenvalue weighted by molar-refractivity contribution is 9.10. The van der Waals surface area contributed by atoms with E-state index in [-0.39, 0.29) is 11.5 Å². The SMILES string of the molecule is Nc1ccc2c(c1)N(C(=O)c1cc(Br)ccc1F)CCS2. The van der Waals surface area contributed by atoms with E-state index in [1.165, 1.54) is 12.1 Å². The Hall–Kier alpha value is -1.53. The molecule has 21 heavy (non-hydrogen) atoms. The molecule has 0 bridgehead atoms. The molecular formula is C15H12BrFN2OS. The lowest BCUT2D eigenvalue weighted by Gasteiger charge is -2.29. The van der Waals surface area contributed by atoms with Crippen LogP contribution in [0.3, 0.4) is 0 Å². The number of halogens is 2. The van der Waals surface area contributed by atoms with E-state index < -0.39 is 5.82 Å². The summed E-state index contributed by atoms with van der Waals surface area (Å²) in [4.78, 5) is 15.2. The first-order valence-corrected chi connectivity index (χ1v) is 8.13. The van der Waals surface area contributed by atoms with Gasteiger partial charge in [0, 0.05) is 27.4 Å². The van der Waals surface area contributed by atoms with Gasteiger partial charge in [0.1, 0.15) is 5.82 Å². The van der Waals surface area contributed by atoms with E-state index in [9.17, 15) is 9.18 Å². The largest absolute Gasteiger partial charge is 0.399 e. The first-order valence-electron chi connectivity index (χ1n) is 6.35. The van der Waals surface area contributed by atoms with Crippen molar-refractivity contribution in [3.8, 4) is 0 Å². The van der Waals surface area contributed by atoms with Crippen molar-refractivity contribution in [1.82, 2.24) is 0 Å². The highest BCUT2D eigenvalue weighted by Gasteiger charge is 2.26. The van der Waals surface area contributed by atoms with Crippen LogP contribution < -0.4 is 10.6 Å². The lowest BCUT2D eigenvalue weighted by molar-refractivity contribution is 0.0984. The fourth-order valence-electron chi connectivity index (χ4n) is 2.25. The first kappa shape index (κ1) is 14.4. The van der Waals surface area contributed by atoms with Crippen LogP contribution in [-0.4, -0.2) is 18.2 Å². The van der Waals surface area contributed by atoms with Crippen LogP contribution in [0, 0.1) is 5.82 Å². The summed E-state index contributed by atoms with van der Waals surface area (Å²) in [6.45, 7) is 0.534. The van der Waals surface area contributed by atoms with Crippen molar-refractivity contribution in [1.29, 1.82) is 0 Å². The Bertz CT molecular complexity index is 723. The Morgan fingerprint density at radius 3 is 2.90 bits per heavy atom. The van der Waals surface area contributed by atoms with Gasteiger partial charge < -0.3 is 10.6 Å². The molecule has 3 nitrogen and oxygen atoms in total. The molecule has 6 heteroatoms. The van der Waals surface area contributed by atoms with Crippen molar-refractivity contribution in [2.45, 2.75) is 4.90 Å². The lowest BCUT2D eigenvalue weighted by Crippen LogP contribution is -2.36. The van der Waals surface area contributed by atoms with Gasteiger partial charge in [0.15, 0.2) is 0 Å².